The average molecular weight is 315 g/mol. The third-order valence-corrected chi connectivity index (χ3v) is 5.26. The maximum Gasteiger partial charge on any atom is 0.261 e. The van der Waals surface area contributed by atoms with Crippen molar-refractivity contribution in [3.63, 3.8) is 0 Å². The summed E-state index contributed by atoms with van der Waals surface area (Å²) in [5, 5.41) is 3.91. The molecule has 0 unspecified atom stereocenters. The number of anilines is 1. The summed E-state index contributed by atoms with van der Waals surface area (Å²) < 4.78 is 27.4. The molecule has 0 amide bonds. The lowest BCUT2D eigenvalue weighted by Crippen LogP contribution is -2.28. The van der Waals surface area contributed by atoms with E-state index in [9.17, 15) is 8.42 Å². The highest BCUT2D eigenvalue weighted by Gasteiger charge is 2.27. The smallest absolute Gasteiger partial charge is 0.261 e. The molecule has 6 nitrogen and oxygen atoms in total. The van der Waals surface area contributed by atoms with Gasteiger partial charge >= 0.3 is 0 Å². The van der Waals surface area contributed by atoms with Crippen molar-refractivity contribution in [2.24, 2.45) is 7.05 Å². The number of rotatable bonds is 4. The molecule has 1 heterocycles. The Kier molecular flexibility index (Phi) is 4.03. The van der Waals surface area contributed by atoms with Gasteiger partial charge in [-0.15, -0.1) is 0 Å². The number of hydrogen-bond donors (Lipinski definition) is 1. The molecule has 108 valence electrons. The van der Waals surface area contributed by atoms with Gasteiger partial charge in [-0.3, -0.25) is 4.68 Å². The van der Waals surface area contributed by atoms with Crippen LogP contribution in [0, 0.1) is 0 Å². The number of halogens is 1. The first kappa shape index (κ1) is 14.8. The molecule has 2 aromatic rings. The van der Waals surface area contributed by atoms with E-state index in [0.717, 1.165) is 5.56 Å². The molecule has 0 saturated carbocycles. The number of nitrogens with zero attached hydrogens (tertiary/aromatic N) is 3. The van der Waals surface area contributed by atoms with Crippen LogP contribution in [0.5, 0.6) is 0 Å². The molecule has 0 aliphatic rings. The van der Waals surface area contributed by atoms with Crippen LogP contribution in [0.4, 0.5) is 5.69 Å². The van der Waals surface area contributed by atoms with Gasteiger partial charge in [0.15, 0.2) is 5.03 Å². The Bertz CT molecular complexity index is 707. The molecular weight excluding hydrogens is 300 g/mol. The highest BCUT2D eigenvalue weighted by atomic mass is 35.5. The zero-order valence-electron chi connectivity index (χ0n) is 11.1. The molecule has 0 spiro atoms. The molecule has 0 fully saturated rings. The van der Waals surface area contributed by atoms with E-state index in [-0.39, 0.29) is 16.6 Å². The average Bonchev–Trinajstić information content (AvgIpc) is 2.72. The molecule has 0 atom stereocenters. The summed E-state index contributed by atoms with van der Waals surface area (Å²) in [6, 6.07) is 7.12. The zero-order chi connectivity index (χ0) is 14.9. The second-order valence-corrected chi connectivity index (χ2v) is 6.75. The number of benzene rings is 1. The Balaban J connectivity index is 2.34. The molecule has 0 saturated heterocycles. The van der Waals surface area contributed by atoms with Gasteiger partial charge in [0.25, 0.3) is 10.0 Å². The summed E-state index contributed by atoms with van der Waals surface area (Å²) in [4.78, 5) is 0. The second-order valence-electron chi connectivity index (χ2n) is 4.38. The van der Waals surface area contributed by atoms with E-state index in [0.29, 0.717) is 5.69 Å². The van der Waals surface area contributed by atoms with Crippen LogP contribution in [-0.2, 0) is 23.6 Å². The third kappa shape index (κ3) is 2.65. The maximum atomic E-state index is 12.5. The first-order valence-corrected chi connectivity index (χ1v) is 7.63. The summed E-state index contributed by atoms with van der Waals surface area (Å²) in [6.07, 6.45) is 1.30. The Morgan fingerprint density at radius 1 is 1.40 bits per heavy atom. The molecule has 8 heteroatoms. The van der Waals surface area contributed by atoms with Gasteiger partial charge in [-0.2, -0.15) is 9.40 Å². The molecule has 20 heavy (non-hydrogen) atoms. The largest absolute Gasteiger partial charge is 0.398 e. The van der Waals surface area contributed by atoms with Crippen LogP contribution in [0.3, 0.4) is 0 Å². The van der Waals surface area contributed by atoms with Crippen molar-refractivity contribution in [3.05, 3.63) is 41.0 Å². The number of nitrogen functional groups attached to an aromatic ring is 1. The zero-order valence-corrected chi connectivity index (χ0v) is 12.7. The lowest BCUT2D eigenvalue weighted by atomic mass is 10.2. The predicted octanol–water partition coefficient (Wildman–Crippen LogP) is 1.48. The Morgan fingerprint density at radius 2 is 2.05 bits per heavy atom. The molecule has 0 aliphatic carbocycles. The van der Waals surface area contributed by atoms with Crippen LogP contribution in [-0.4, -0.2) is 29.6 Å². The first-order chi connectivity index (χ1) is 9.34. The normalized spacial score (nSPS) is 12.0. The summed E-state index contributed by atoms with van der Waals surface area (Å²) >= 11 is 5.89. The van der Waals surface area contributed by atoms with E-state index in [1.807, 2.05) is 6.07 Å². The molecule has 0 bridgehead atoms. The van der Waals surface area contributed by atoms with Gasteiger partial charge in [0.05, 0.1) is 11.2 Å². The van der Waals surface area contributed by atoms with Crippen molar-refractivity contribution in [3.8, 4) is 0 Å². The van der Waals surface area contributed by atoms with Crippen LogP contribution in [0.1, 0.15) is 5.56 Å². The molecule has 0 radical (unpaired) electrons. The first-order valence-electron chi connectivity index (χ1n) is 5.81. The fourth-order valence-corrected chi connectivity index (χ4v) is 3.58. The maximum absolute atomic E-state index is 12.5. The summed E-state index contributed by atoms with van der Waals surface area (Å²) in [7, 11) is -0.717. The van der Waals surface area contributed by atoms with Crippen molar-refractivity contribution in [1.82, 2.24) is 14.1 Å². The number of hydrogen-bond acceptors (Lipinski definition) is 4. The lowest BCUT2D eigenvalue weighted by Gasteiger charge is -2.18. The Hall–Kier alpha value is -1.57. The molecule has 1 aromatic heterocycles. The SMILES string of the molecule is CN(Cc1ccccc1N)S(=O)(=O)c1c(Cl)cnn1C. The number of aromatic nitrogens is 2. The van der Waals surface area contributed by atoms with Crippen LogP contribution in [0.15, 0.2) is 35.5 Å². The van der Waals surface area contributed by atoms with Gasteiger partial charge in [-0.25, -0.2) is 8.42 Å². The number of sulfonamides is 1. The van der Waals surface area contributed by atoms with E-state index < -0.39 is 10.0 Å². The van der Waals surface area contributed by atoms with Gasteiger partial charge in [-0.1, -0.05) is 29.8 Å². The topological polar surface area (TPSA) is 81.2 Å². The molecular formula is C12H15ClN4O2S. The lowest BCUT2D eigenvalue weighted by molar-refractivity contribution is 0.458. The summed E-state index contributed by atoms with van der Waals surface area (Å²) in [5.74, 6) is 0. The van der Waals surface area contributed by atoms with Gasteiger partial charge < -0.3 is 5.73 Å². The van der Waals surface area contributed by atoms with Crippen LogP contribution in [0.2, 0.25) is 5.02 Å². The summed E-state index contributed by atoms with van der Waals surface area (Å²) in [6.45, 7) is 0.163. The number of nitrogens with two attached hydrogens (primary N) is 1. The van der Waals surface area contributed by atoms with E-state index in [1.54, 1.807) is 18.2 Å². The van der Waals surface area contributed by atoms with Crippen molar-refractivity contribution in [2.45, 2.75) is 11.6 Å². The van der Waals surface area contributed by atoms with Gasteiger partial charge in [-0.05, 0) is 11.6 Å². The van der Waals surface area contributed by atoms with Gasteiger partial charge in [0.2, 0.25) is 0 Å². The van der Waals surface area contributed by atoms with E-state index >= 15 is 0 Å². The monoisotopic (exact) mass is 314 g/mol. The molecule has 0 aliphatic heterocycles. The fourth-order valence-electron chi connectivity index (χ4n) is 1.84. The Labute approximate surface area is 122 Å². The quantitative estimate of drug-likeness (QED) is 0.867. The molecule has 1 aromatic carbocycles. The van der Waals surface area contributed by atoms with Crippen LogP contribution < -0.4 is 5.73 Å². The van der Waals surface area contributed by atoms with Crippen LogP contribution in [0.25, 0.3) is 0 Å². The number of para-hydroxylation sites is 1. The van der Waals surface area contributed by atoms with Crippen molar-refractivity contribution in [2.75, 3.05) is 12.8 Å². The fraction of sp³-hybridized carbons (Fsp3) is 0.250. The minimum absolute atomic E-state index is 0.0313. The van der Waals surface area contributed by atoms with Crippen molar-refractivity contribution in [1.29, 1.82) is 0 Å². The van der Waals surface area contributed by atoms with Gasteiger partial charge in [0.1, 0.15) is 0 Å². The van der Waals surface area contributed by atoms with Crippen molar-refractivity contribution >= 4 is 27.3 Å². The second kappa shape index (κ2) is 5.43. The minimum atomic E-state index is -3.73. The summed E-state index contributed by atoms with van der Waals surface area (Å²) in [5.41, 5.74) is 7.11. The molecule has 2 rings (SSSR count). The van der Waals surface area contributed by atoms with E-state index in [2.05, 4.69) is 5.10 Å². The van der Waals surface area contributed by atoms with Gasteiger partial charge in [0, 0.05) is 26.3 Å². The van der Waals surface area contributed by atoms with E-state index in [4.69, 9.17) is 17.3 Å². The third-order valence-electron chi connectivity index (χ3n) is 2.95. The number of aryl methyl sites for hydroxylation is 1. The predicted molar refractivity (Wildman–Crippen MR) is 77.7 cm³/mol. The highest BCUT2D eigenvalue weighted by molar-refractivity contribution is 7.89. The standard InChI is InChI=1S/C12H15ClN4O2S/c1-16(8-9-5-3-4-6-11(9)14)20(18,19)12-10(13)7-15-17(12)2/h3-7H,8,14H2,1-2H3. The molecule has 2 N–H and O–H groups in total. The van der Waals surface area contributed by atoms with E-state index in [1.165, 1.54) is 29.3 Å². The highest BCUT2D eigenvalue weighted by Crippen LogP contribution is 2.24. The van der Waals surface area contributed by atoms with Crippen LogP contribution >= 0.6 is 11.6 Å². The van der Waals surface area contributed by atoms with Crippen molar-refractivity contribution < 1.29 is 8.42 Å². The Morgan fingerprint density at radius 3 is 2.60 bits per heavy atom. The minimum Gasteiger partial charge on any atom is -0.398 e.